The van der Waals surface area contributed by atoms with Crippen molar-refractivity contribution in [1.82, 2.24) is 16.2 Å². The van der Waals surface area contributed by atoms with E-state index in [4.69, 9.17) is 12.2 Å². The summed E-state index contributed by atoms with van der Waals surface area (Å²) in [7, 11) is 0. The molecule has 21 heavy (non-hydrogen) atoms. The molecule has 2 aromatic rings. The summed E-state index contributed by atoms with van der Waals surface area (Å²) in [6.45, 7) is 0. The van der Waals surface area contributed by atoms with E-state index < -0.39 is 0 Å². The summed E-state index contributed by atoms with van der Waals surface area (Å²) in [6.07, 6.45) is 3.06. The van der Waals surface area contributed by atoms with Crippen LogP contribution in [0.25, 0.3) is 6.08 Å². The monoisotopic (exact) mass is 337 g/mol. The maximum atomic E-state index is 11.6. The Hall–Kier alpha value is -2.03. The van der Waals surface area contributed by atoms with Crippen molar-refractivity contribution < 1.29 is 9.59 Å². The number of thiophene rings is 2. The van der Waals surface area contributed by atoms with Crippen LogP contribution in [0.2, 0.25) is 0 Å². The Labute approximate surface area is 134 Å². The Morgan fingerprint density at radius 2 is 1.86 bits per heavy atom. The normalized spacial score (nSPS) is 10.3. The molecule has 108 valence electrons. The van der Waals surface area contributed by atoms with Gasteiger partial charge < -0.3 is 0 Å². The zero-order chi connectivity index (χ0) is 15.1. The lowest BCUT2D eigenvalue weighted by Crippen LogP contribution is -2.48. The van der Waals surface area contributed by atoms with Gasteiger partial charge in [0.1, 0.15) is 0 Å². The number of hydrogen-bond acceptors (Lipinski definition) is 5. The zero-order valence-electron chi connectivity index (χ0n) is 10.7. The van der Waals surface area contributed by atoms with Crippen molar-refractivity contribution in [1.29, 1.82) is 0 Å². The minimum Gasteiger partial charge on any atom is -0.298 e. The molecule has 3 N–H and O–H groups in total. The summed E-state index contributed by atoms with van der Waals surface area (Å²) in [4.78, 5) is 24.7. The van der Waals surface area contributed by atoms with Crippen LogP contribution in [0.4, 0.5) is 0 Å². The van der Waals surface area contributed by atoms with Gasteiger partial charge in [0.05, 0.1) is 4.88 Å². The third-order valence-corrected chi connectivity index (χ3v) is 4.12. The minimum absolute atomic E-state index is 0.0285. The van der Waals surface area contributed by atoms with Crippen LogP contribution in [-0.2, 0) is 4.79 Å². The first-order valence-corrected chi connectivity index (χ1v) is 7.98. The van der Waals surface area contributed by atoms with Crippen molar-refractivity contribution >= 4 is 57.9 Å². The Balaban J connectivity index is 1.74. The maximum absolute atomic E-state index is 11.6. The SMILES string of the molecule is O=C(C=Cc1cccs1)NC(=S)NNC(=O)c1cccs1. The quantitative estimate of drug-likeness (QED) is 0.456. The largest absolute Gasteiger partial charge is 0.298 e. The fourth-order valence-corrected chi connectivity index (χ4v) is 2.70. The van der Waals surface area contributed by atoms with Crippen LogP contribution in [0, 0.1) is 0 Å². The minimum atomic E-state index is -0.369. The first-order valence-electron chi connectivity index (χ1n) is 5.81. The van der Waals surface area contributed by atoms with Gasteiger partial charge >= 0.3 is 0 Å². The van der Waals surface area contributed by atoms with Crippen LogP contribution in [0.3, 0.4) is 0 Å². The molecule has 0 unspecified atom stereocenters. The smallest absolute Gasteiger partial charge is 0.279 e. The van der Waals surface area contributed by atoms with Gasteiger partial charge in [-0.2, -0.15) is 0 Å². The standard InChI is InChI=1S/C13H11N3O2S3/c17-11(6-5-9-3-1-7-20-9)14-13(19)16-15-12(18)10-4-2-8-21-10/h1-8H,(H,15,18)(H2,14,16,17,19). The predicted octanol–water partition coefficient (Wildman–Crippen LogP) is 2.16. The number of amides is 2. The number of carbonyl (C=O) groups is 2. The fraction of sp³-hybridized carbons (Fsp3) is 0. The van der Waals surface area contributed by atoms with Gasteiger partial charge in [0, 0.05) is 11.0 Å². The van der Waals surface area contributed by atoms with E-state index in [0.29, 0.717) is 4.88 Å². The molecular formula is C13H11N3O2S3. The van der Waals surface area contributed by atoms with Gasteiger partial charge in [-0.05, 0) is 41.2 Å². The number of hydrazine groups is 1. The third-order valence-electron chi connectivity index (χ3n) is 2.21. The van der Waals surface area contributed by atoms with Crippen LogP contribution in [-0.4, -0.2) is 16.9 Å². The molecule has 0 aliphatic carbocycles. The highest BCUT2D eigenvalue weighted by Gasteiger charge is 2.07. The second-order valence-electron chi connectivity index (χ2n) is 3.72. The van der Waals surface area contributed by atoms with E-state index >= 15 is 0 Å². The van der Waals surface area contributed by atoms with Crippen LogP contribution in [0.15, 0.2) is 41.1 Å². The summed E-state index contributed by atoms with van der Waals surface area (Å²) >= 11 is 7.74. The van der Waals surface area contributed by atoms with Crippen LogP contribution in [0.1, 0.15) is 14.5 Å². The topological polar surface area (TPSA) is 70.2 Å². The van der Waals surface area contributed by atoms with Gasteiger partial charge in [-0.25, -0.2) is 0 Å². The number of nitrogens with one attached hydrogen (secondary N) is 3. The van der Waals surface area contributed by atoms with Gasteiger partial charge in [-0.3, -0.25) is 25.8 Å². The predicted molar refractivity (Wildman–Crippen MR) is 89.0 cm³/mol. The molecule has 0 saturated carbocycles. The number of thiocarbonyl (C=S) groups is 1. The lowest BCUT2D eigenvalue weighted by atomic mass is 10.4. The molecule has 5 nitrogen and oxygen atoms in total. The van der Waals surface area contributed by atoms with Crippen LogP contribution >= 0.6 is 34.9 Å². The molecule has 0 atom stereocenters. The zero-order valence-corrected chi connectivity index (χ0v) is 13.1. The lowest BCUT2D eigenvalue weighted by Gasteiger charge is -2.08. The van der Waals surface area contributed by atoms with Crippen molar-refractivity contribution in [3.05, 3.63) is 50.9 Å². The van der Waals surface area contributed by atoms with E-state index in [9.17, 15) is 9.59 Å². The van der Waals surface area contributed by atoms with E-state index in [1.165, 1.54) is 28.7 Å². The van der Waals surface area contributed by atoms with Crippen molar-refractivity contribution in [3.8, 4) is 0 Å². The third kappa shape index (κ3) is 5.10. The fourth-order valence-electron chi connectivity index (χ4n) is 1.31. The van der Waals surface area contributed by atoms with Crippen LogP contribution < -0.4 is 16.2 Å². The summed E-state index contributed by atoms with van der Waals surface area (Å²) < 4.78 is 0. The summed E-state index contributed by atoms with van der Waals surface area (Å²) in [6, 6.07) is 7.25. The molecule has 0 aliphatic heterocycles. The average molecular weight is 337 g/mol. The van der Waals surface area contributed by atoms with Crippen LogP contribution in [0.5, 0.6) is 0 Å². The van der Waals surface area contributed by atoms with E-state index in [1.807, 2.05) is 17.5 Å². The molecule has 0 aromatic carbocycles. The molecule has 8 heteroatoms. The summed E-state index contributed by atoms with van der Waals surface area (Å²) in [5.74, 6) is -0.679. The second-order valence-corrected chi connectivity index (χ2v) is 6.06. The first kappa shape index (κ1) is 15.4. The van der Waals surface area contributed by atoms with Gasteiger partial charge in [0.25, 0.3) is 5.91 Å². The number of carbonyl (C=O) groups excluding carboxylic acids is 2. The van der Waals surface area contributed by atoms with E-state index in [1.54, 1.807) is 23.6 Å². The van der Waals surface area contributed by atoms with Crippen molar-refractivity contribution in [3.63, 3.8) is 0 Å². The number of rotatable bonds is 3. The molecular weight excluding hydrogens is 326 g/mol. The molecule has 2 heterocycles. The van der Waals surface area contributed by atoms with Crippen molar-refractivity contribution in [2.75, 3.05) is 0 Å². The highest BCUT2D eigenvalue weighted by molar-refractivity contribution is 7.80. The van der Waals surface area contributed by atoms with Gasteiger partial charge in [-0.1, -0.05) is 12.1 Å². The summed E-state index contributed by atoms with van der Waals surface area (Å²) in [5.41, 5.74) is 4.87. The highest BCUT2D eigenvalue weighted by Crippen LogP contribution is 2.09. The first-order chi connectivity index (χ1) is 10.1. The molecule has 0 radical (unpaired) electrons. The van der Waals surface area contributed by atoms with E-state index in [-0.39, 0.29) is 16.9 Å². The number of hydrogen-bond donors (Lipinski definition) is 3. The Kier molecular flexibility index (Phi) is 5.61. The molecule has 2 aromatic heterocycles. The Morgan fingerprint density at radius 3 is 2.52 bits per heavy atom. The van der Waals surface area contributed by atoms with Crippen molar-refractivity contribution in [2.24, 2.45) is 0 Å². The molecule has 0 spiro atoms. The molecule has 2 rings (SSSR count). The average Bonchev–Trinajstić information content (AvgIpc) is 3.15. The van der Waals surface area contributed by atoms with E-state index in [2.05, 4.69) is 16.2 Å². The van der Waals surface area contributed by atoms with Gasteiger partial charge in [0.15, 0.2) is 5.11 Å². The maximum Gasteiger partial charge on any atom is 0.279 e. The molecule has 2 amide bonds. The van der Waals surface area contributed by atoms with Gasteiger partial charge in [0.2, 0.25) is 5.91 Å². The van der Waals surface area contributed by atoms with Crippen molar-refractivity contribution in [2.45, 2.75) is 0 Å². The molecule has 0 fully saturated rings. The van der Waals surface area contributed by atoms with Gasteiger partial charge in [-0.15, -0.1) is 22.7 Å². The Bertz CT molecular complexity index is 648. The van der Waals surface area contributed by atoms with E-state index in [0.717, 1.165) is 4.88 Å². The Morgan fingerprint density at radius 1 is 1.10 bits per heavy atom. The second kappa shape index (κ2) is 7.67. The highest BCUT2D eigenvalue weighted by atomic mass is 32.1. The lowest BCUT2D eigenvalue weighted by molar-refractivity contribution is -0.115. The molecule has 0 aliphatic rings. The molecule has 0 saturated heterocycles. The summed E-state index contributed by atoms with van der Waals surface area (Å²) in [5, 5.41) is 6.18. The molecule has 0 bridgehead atoms.